The van der Waals surface area contributed by atoms with E-state index in [1.165, 1.54) is 17.8 Å². The molecule has 3 heterocycles. The van der Waals surface area contributed by atoms with Gasteiger partial charge in [0, 0.05) is 26.0 Å². The number of imidazole rings is 1. The lowest BCUT2D eigenvalue weighted by Gasteiger charge is -2.32. The van der Waals surface area contributed by atoms with Gasteiger partial charge in [-0.25, -0.2) is 13.8 Å². The third-order valence-corrected chi connectivity index (χ3v) is 5.74. The maximum Gasteiger partial charge on any atom is 0.289 e. The Hall–Kier alpha value is -2.65. The lowest BCUT2D eigenvalue weighted by Crippen LogP contribution is -2.42. The van der Waals surface area contributed by atoms with Gasteiger partial charge in [-0.2, -0.15) is 0 Å². The molecular weight excluding hydrogens is 400 g/mol. The van der Waals surface area contributed by atoms with Crippen LogP contribution in [0, 0.1) is 11.6 Å². The maximum absolute atomic E-state index is 13.5. The molecule has 3 aromatic rings. The number of aryl methyl sites for hydroxylation is 1. The summed E-state index contributed by atoms with van der Waals surface area (Å²) in [4.78, 5) is 18.7. The van der Waals surface area contributed by atoms with Crippen LogP contribution in [0.25, 0.3) is 0 Å². The third kappa shape index (κ3) is 4.35. The lowest BCUT2D eigenvalue weighted by atomic mass is 10.1. The first kappa shape index (κ1) is 19.7. The minimum absolute atomic E-state index is 0.238. The normalized spacial score (nSPS) is 16.9. The Labute approximate surface area is 170 Å². The number of nitrogens with zero attached hydrogens (tertiary/aromatic N) is 3. The molecule has 152 valence electrons. The van der Waals surface area contributed by atoms with Crippen LogP contribution in [0.2, 0.25) is 0 Å². The van der Waals surface area contributed by atoms with Crippen LogP contribution in [0.3, 0.4) is 0 Å². The van der Waals surface area contributed by atoms with Crippen LogP contribution >= 0.6 is 11.8 Å². The van der Waals surface area contributed by atoms with E-state index in [2.05, 4.69) is 4.98 Å². The minimum atomic E-state index is -0.935. The summed E-state index contributed by atoms with van der Waals surface area (Å²) in [5.74, 6) is -0.634. The Morgan fingerprint density at radius 2 is 2.14 bits per heavy atom. The number of furan rings is 1. The van der Waals surface area contributed by atoms with Gasteiger partial charge in [-0.15, -0.1) is 0 Å². The Balaban J connectivity index is 1.40. The fourth-order valence-corrected chi connectivity index (χ4v) is 3.93. The molecule has 1 fully saturated rings. The standard InChI is InChI=1S/C20H19F2N3O3S/c1-24-7-6-23-20(24)29-12-14-3-5-17(28-14)19(26)25-8-9-27-18(11-25)13-2-4-15(21)16(22)10-13/h2-7,10,18H,8-9,11-12H2,1H3. The van der Waals surface area contributed by atoms with Gasteiger partial charge in [0.05, 0.1) is 18.9 Å². The van der Waals surface area contributed by atoms with Crippen LogP contribution < -0.4 is 0 Å². The molecular formula is C20H19F2N3O3S. The van der Waals surface area contributed by atoms with Gasteiger partial charge >= 0.3 is 0 Å². The fourth-order valence-electron chi connectivity index (χ4n) is 3.10. The van der Waals surface area contributed by atoms with E-state index in [1.807, 2.05) is 17.8 Å². The van der Waals surface area contributed by atoms with E-state index in [1.54, 1.807) is 23.2 Å². The monoisotopic (exact) mass is 419 g/mol. The number of carbonyl (C=O) groups is 1. The second kappa shape index (κ2) is 8.38. The molecule has 2 aromatic heterocycles. The van der Waals surface area contributed by atoms with E-state index in [-0.39, 0.29) is 18.2 Å². The number of halogens is 2. The summed E-state index contributed by atoms with van der Waals surface area (Å²) in [6.07, 6.45) is 3.07. The molecule has 0 radical (unpaired) electrons. The highest BCUT2D eigenvalue weighted by Gasteiger charge is 2.28. The second-order valence-corrected chi connectivity index (χ2v) is 7.60. The Kier molecular flexibility index (Phi) is 5.68. The zero-order valence-corrected chi connectivity index (χ0v) is 16.5. The SMILES string of the molecule is Cn1ccnc1SCc1ccc(C(=O)N2CCOC(c3ccc(F)c(F)c3)C2)o1. The second-order valence-electron chi connectivity index (χ2n) is 6.66. The van der Waals surface area contributed by atoms with Crippen molar-refractivity contribution < 1.29 is 22.7 Å². The molecule has 0 saturated carbocycles. The topological polar surface area (TPSA) is 60.5 Å². The molecule has 1 atom stereocenters. The van der Waals surface area contributed by atoms with Crippen LogP contribution in [0.5, 0.6) is 0 Å². The Morgan fingerprint density at radius 1 is 1.28 bits per heavy atom. The smallest absolute Gasteiger partial charge is 0.289 e. The van der Waals surface area contributed by atoms with Crippen LogP contribution in [0.4, 0.5) is 8.78 Å². The molecule has 0 bridgehead atoms. The van der Waals surface area contributed by atoms with Crippen molar-refractivity contribution in [1.29, 1.82) is 0 Å². The van der Waals surface area contributed by atoms with Crippen molar-refractivity contribution >= 4 is 17.7 Å². The third-order valence-electron chi connectivity index (χ3n) is 4.66. The molecule has 0 N–H and O–H groups in total. The number of aromatic nitrogens is 2. The molecule has 9 heteroatoms. The fraction of sp³-hybridized carbons (Fsp3) is 0.300. The highest BCUT2D eigenvalue weighted by molar-refractivity contribution is 7.98. The van der Waals surface area contributed by atoms with Crippen LogP contribution in [0.1, 0.15) is 28.0 Å². The summed E-state index contributed by atoms with van der Waals surface area (Å²) >= 11 is 1.51. The van der Waals surface area contributed by atoms with Crippen molar-refractivity contribution in [2.45, 2.75) is 17.0 Å². The molecule has 1 aliphatic rings. The van der Waals surface area contributed by atoms with Crippen molar-refractivity contribution in [1.82, 2.24) is 14.5 Å². The van der Waals surface area contributed by atoms with E-state index >= 15 is 0 Å². The van der Waals surface area contributed by atoms with Gasteiger partial charge in [0.1, 0.15) is 11.9 Å². The Morgan fingerprint density at radius 3 is 2.90 bits per heavy atom. The molecule has 1 aliphatic heterocycles. The average Bonchev–Trinajstić information content (AvgIpc) is 3.37. The van der Waals surface area contributed by atoms with Gasteiger partial charge in [0.15, 0.2) is 22.6 Å². The summed E-state index contributed by atoms with van der Waals surface area (Å²) in [5.41, 5.74) is 0.494. The van der Waals surface area contributed by atoms with E-state index in [9.17, 15) is 13.6 Å². The van der Waals surface area contributed by atoms with Crippen molar-refractivity contribution in [3.8, 4) is 0 Å². The molecule has 1 amide bonds. The van der Waals surface area contributed by atoms with Crippen molar-refractivity contribution in [3.05, 3.63) is 71.4 Å². The number of carbonyl (C=O) groups excluding carboxylic acids is 1. The van der Waals surface area contributed by atoms with Gasteiger partial charge in [-0.05, 0) is 29.8 Å². The summed E-state index contributed by atoms with van der Waals surface area (Å²) in [5, 5.41) is 0.858. The number of hydrogen-bond acceptors (Lipinski definition) is 5. The summed E-state index contributed by atoms with van der Waals surface area (Å²) < 4.78 is 40.0. The molecule has 0 aliphatic carbocycles. The zero-order chi connectivity index (χ0) is 20.4. The number of thioether (sulfide) groups is 1. The molecule has 29 heavy (non-hydrogen) atoms. The minimum Gasteiger partial charge on any atom is -0.455 e. The summed E-state index contributed by atoms with van der Waals surface area (Å²) in [6.45, 7) is 0.941. The van der Waals surface area contributed by atoms with Crippen molar-refractivity contribution in [2.24, 2.45) is 7.05 Å². The van der Waals surface area contributed by atoms with Crippen LogP contribution in [0.15, 0.2) is 52.3 Å². The predicted molar refractivity (Wildman–Crippen MR) is 102 cm³/mol. The number of rotatable bonds is 5. The first-order chi connectivity index (χ1) is 14.0. The summed E-state index contributed by atoms with van der Waals surface area (Å²) in [6, 6.07) is 7.06. The number of amides is 1. The number of hydrogen-bond donors (Lipinski definition) is 0. The van der Waals surface area contributed by atoms with Crippen molar-refractivity contribution in [2.75, 3.05) is 19.7 Å². The molecule has 0 spiro atoms. The first-order valence-corrected chi connectivity index (χ1v) is 10.0. The average molecular weight is 419 g/mol. The van der Waals surface area contributed by atoms with E-state index in [0.717, 1.165) is 17.3 Å². The molecule has 1 saturated heterocycles. The Bertz CT molecular complexity index is 1020. The van der Waals surface area contributed by atoms with Crippen molar-refractivity contribution in [3.63, 3.8) is 0 Å². The van der Waals surface area contributed by atoms with E-state index < -0.39 is 17.7 Å². The number of ether oxygens (including phenoxy) is 1. The lowest BCUT2D eigenvalue weighted by molar-refractivity contribution is -0.0239. The van der Waals surface area contributed by atoms with E-state index in [0.29, 0.717) is 30.2 Å². The molecule has 1 aromatic carbocycles. The van der Waals surface area contributed by atoms with Gasteiger partial charge in [-0.1, -0.05) is 17.8 Å². The van der Waals surface area contributed by atoms with Crippen LogP contribution in [-0.2, 0) is 17.5 Å². The van der Waals surface area contributed by atoms with Gasteiger partial charge < -0.3 is 18.6 Å². The van der Waals surface area contributed by atoms with Gasteiger partial charge in [0.2, 0.25) is 0 Å². The predicted octanol–water partition coefficient (Wildman–Crippen LogP) is 3.80. The first-order valence-electron chi connectivity index (χ1n) is 9.06. The largest absolute Gasteiger partial charge is 0.455 e. The zero-order valence-electron chi connectivity index (χ0n) is 15.7. The molecule has 1 unspecified atom stereocenters. The highest BCUT2D eigenvalue weighted by atomic mass is 32.2. The molecule has 4 rings (SSSR count). The van der Waals surface area contributed by atoms with Crippen LogP contribution in [-0.4, -0.2) is 40.1 Å². The summed E-state index contributed by atoms with van der Waals surface area (Å²) in [7, 11) is 1.91. The molecule has 6 nitrogen and oxygen atoms in total. The number of benzene rings is 1. The van der Waals surface area contributed by atoms with E-state index in [4.69, 9.17) is 9.15 Å². The quantitative estimate of drug-likeness (QED) is 0.589. The van der Waals surface area contributed by atoms with Gasteiger partial charge in [-0.3, -0.25) is 4.79 Å². The number of morpholine rings is 1. The maximum atomic E-state index is 13.5. The van der Waals surface area contributed by atoms with Gasteiger partial charge in [0.25, 0.3) is 5.91 Å². The highest BCUT2D eigenvalue weighted by Crippen LogP contribution is 2.26.